The highest BCUT2D eigenvalue weighted by Crippen LogP contribution is 2.13. The second-order valence-electron chi connectivity index (χ2n) is 4.92. The zero-order valence-corrected chi connectivity index (χ0v) is 11.3. The molecule has 18 heavy (non-hydrogen) atoms. The molecule has 1 aromatic rings. The van der Waals surface area contributed by atoms with Crippen molar-refractivity contribution in [2.75, 3.05) is 0 Å². The minimum atomic E-state index is 0.0000954. The summed E-state index contributed by atoms with van der Waals surface area (Å²) in [5, 5.41) is 2.95. The van der Waals surface area contributed by atoms with Crippen LogP contribution in [0.2, 0.25) is 0 Å². The Balaban J connectivity index is 2.43. The predicted octanol–water partition coefficient (Wildman–Crippen LogP) is 2.87. The van der Waals surface area contributed by atoms with Crippen molar-refractivity contribution >= 4 is 11.7 Å². The smallest absolute Gasteiger partial charge is 0.220 e. The topological polar surface area (TPSA) is 46.2 Å². The number of hydrogen-bond acceptors (Lipinski definition) is 2. The Morgan fingerprint density at radius 2 is 1.72 bits per heavy atom. The Labute approximate surface area is 109 Å². The van der Waals surface area contributed by atoms with Crippen LogP contribution in [0.1, 0.15) is 45.2 Å². The molecule has 0 aliphatic heterocycles. The standard InChI is InChI=1S/C15H21NO2/c1-11(9-12(2)17)10-15(18)16-13(3)14-7-5-4-6-8-14/h4-8,11,13H,9-10H2,1-3H3,(H,16,18)/t11-,13-/m0/s1. The molecule has 0 fully saturated rings. The monoisotopic (exact) mass is 247 g/mol. The molecule has 0 heterocycles. The van der Waals surface area contributed by atoms with Gasteiger partial charge in [0, 0.05) is 12.8 Å². The average molecular weight is 247 g/mol. The first-order valence-electron chi connectivity index (χ1n) is 6.32. The Kier molecular flexibility index (Phi) is 5.56. The fourth-order valence-electron chi connectivity index (χ4n) is 2.00. The van der Waals surface area contributed by atoms with E-state index in [1.54, 1.807) is 6.92 Å². The third-order valence-electron chi connectivity index (χ3n) is 2.85. The first kappa shape index (κ1) is 14.4. The number of amides is 1. The molecule has 2 atom stereocenters. The highest BCUT2D eigenvalue weighted by molar-refractivity contribution is 5.79. The van der Waals surface area contributed by atoms with Gasteiger partial charge in [0.15, 0.2) is 0 Å². The highest BCUT2D eigenvalue weighted by Gasteiger charge is 2.13. The molecule has 3 nitrogen and oxygen atoms in total. The fraction of sp³-hybridized carbons (Fsp3) is 0.467. The van der Waals surface area contributed by atoms with Crippen LogP contribution in [0.4, 0.5) is 0 Å². The van der Waals surface area contributed by atoms with Gasteiger partial charge in [0.25, 0.3) is 0 Å². The van der Waals surface area contributed by atoms with Crippen LogP contribution in [0.3, 0.4) is 0 Å². The minimum absolute atomic E-state index is 0.0000954. The molecule has 0 radical (unpaired) electrons. The lowest BCUT2D eigenvalue weighted by Gasteiger charge is -2.16. The minimum Gasteiger partial charge on any atom is -0.350 e. The number of benzene rings is 1. The fourth-order valence-corrected chi connectivity index (χ4v) is 2.00. The molecule has 0 bridgehead atoms. The van der Waals surface area contributed by atoms with Gasteiger partial charge in [-0.15, -0.1) is 0 Å². The molecule has 98 valence electrons. The van der Waals surface area contributed by atoms with Gasteiger partial charge in [-0.1, -0.05) is 37.3 Å². The van der Waals surface area contributed by atoms with E-state index >= 15 is 0 Å². The zero-order valence-electron chi connectivity index (χ0n) is 11.3. The van der Waals surface area contributed by atoms with E-state index in [1.807, 2.05) is 44.2 Å². The van der Waals surface area contributed by atoms with Gasteiger partial charge >= 0.3 is 0 Å². The first-order valence-corrected chi connectivity index (χ1v) is 6.32. The molecule has 0 saturated heterocycles. The van der Waals surface area contributed by atoms with Crippen LogP contribution in [-0.2, 0) is 9.59 Å². The van der Waals surface area contributed by atoms with Crippen molar-refractivity contribution in [3.05, 3.63) is 35.9 Å². The molecular weight excluding hydrogens is 226 g/mol. The van der Waals surface area contributed by atoms with Crippen LogP contribution in [-0.4, -0.2) is 11.7 Å². The number of carbonyl (C=O) groups excluding carboxylic acids is 2. The van der Waals surface area contributed by atoms with E-state index in [1.165, 1.54) is 0 Å². The van der Waals surface area contributed by atoms with E-state index in [2.05, 4.69) is 5.32 Å². The Morgan fingerprint density at radius 3 is 2.28 bits per heavy atom. The van der Waals surface area contributed by atoms with Crippen LogP contribution in [0.25, 0.3) is 0 Å². The highest BCUT2D eigenvalue weighted by atomic mass is 16.1. The first-order chi connectivity index (χ1) is 8.49. The summed E-state index contributed by atoms with van der Waals surface area (Å²) in [5.41, 5.74) is 1.09. The largest absolute Gasteiger partial charge is 0.350 e. The number of carbonyl (C=O) groups is 2. The second-order valence-corrected chi connectivity index (χ2v) is 4.92. The van der Waals surface area contributed by atoms with Crippen molar-refractivity contribution < 1.29 is 9.59 Å². The van der Waals surface area contributed by atoms with E-state index in [0.717, 1.165) is 5.56 Å². The molecule has 0 aliphatic carbocycles. The lowest BCUT2D eigenvalue weighted by molar-refractivity contribution is -0.123. The summed E-state index contributed by atoms with van der Waals surface area (Å²) in [4.78, 5) is 22.7. The van der Waals surface area contributed by atoms with E-state index in [4.69, 9.17) is 0 Å². The third-order valence-corrected chi connectivity index (χ3v) is 2.85. The SMILES string of the molecule is CC(=O)C[C@H](C)CC(=O)N[C@@H](C)c1ccccc1. The van der Waals surface area contributed by atoms with E-state index in [-0.39, 0.29) is 23.7 Å². The van der Waals surface area contributed by atoms with Gasteiger partial charge in [-0.25, -0.2) is 0 Å². The maximum Gasteiger partial charge on any atom is 0.220 e. The van der Waals surface area contributed by atoms with Crippen molar-refractivity contribution in [2.45, 2.75) is 39.7 Å². The summed E-state index contributed by atoms with van der Waals surface area (Å²) in [6.07, 6.45) is 0.865. The average Bonchev–Trinajstić information content (AvgIpc) is 2.28. The summed E-state index contributed by atoms with van der Waals surface area (Å²) in [5.74, 6) is 0.233. The van der Waals surface area contributed by atoms with Crippen molar-refractivity contribution in [2.24, 2.45) is 5.92 Å². The predicted molar refractivity (Wildman–Crippen MR) is 72.1 cm³/mol. The third kappa shape index (κ3) is 5.13. The number of hydrogen-bond donors (Lipinski definition) is 1. The van der Waals surface area contributed by atoms with Crippen LogP contribution < -0.4 is 5.32 Å². The molecule has 0 aromatic heterocycles. The molecule has 0 unspecified atom stereocenters. The van der Waals surface area contributed by atoms with Gasteiger partial charge in [-0.3, -0.25) is 4.79 Å². The maximum absolute atomic E-state index is 11.8. The Bertz CT molecular complexity index is 400. The molecule has 0 aliphatic rings. The molecule has 1 rings (SSSR count). The molecule has 0 spiro atoms. The summed E-state index contributed by atoms with van der Waals surface area (Å²) >= 11 is 0. The van der Waals surface area contributed by atoms with Crippen LogP contribution in [0.15, 0.2) is 30.3 Å². The van der Waals surface area contributed by atoms with E-state index in [9.17, 15) is 9.59 Å². The molecule has 0 saturated carbocycles. The number of Topliss-reactive ketones (excluding diaryl/α,β-unsaturated/α-hetero) is 1. The Hall–Kier alpha value is -1.64. The number of rotatable bonds is 6. The van der Waals surface area contributed by atoms with Gasteiger partial charge in [-0.05, 0) is 25.3 Å². The molecular formula is C15H21NO2. The van der Waals surface area contributed by atoms with E-state index < -0.39 is 0 Å². The zero-order chi connectivity index (χ0) is 13.5. The van der Waals surface area contributed by atoms with Crippen LogP contribution >= 0.6 is 0 Å². The number of nitrogens with one attached hydrogen (secondary N) is 1. The molecule has 1 amide bonds. The lowest BCUT2D eigenvalue weighted by Crippen LogP contribution is -2.28. The molecule has 1 aromatic carbocycles. The summed E-state index contributed by atoms with van der Waals surface area (Å²) in [6, 6.07) is 9.84. The molecule has 1 N–H and O–H groups in total. The van der Waals surface area contributed by atoms with Gasteiger partial charge in [0.1, 0.15) is 5.78 Å². The number of ketones is 1. The van der Waals surface area contributed by atoms with Gasteiger partial charge in [0.2, 0.25) is 5.91 Å². The lowest BCUT2D eigenvalue weighted by atomic mass is 10.0. The van der Waals surface area contributed by atoms with Crippen molar-refractivity contribution in [1.29, 1.82) is 0 Å². The van der Waals surface area contributed by atoms with Gasteiger partial charge < -0.3 is 10.1 Å². The van der Waals surface area contributed by atoms with Gasteiger partial charge in [-0.2, -0.15) is 0 Å². The Morgan fingerprint density at radius 1 is 1.11 bits per heavy atom. The quantitative estimate of drug-likeness (QED) is 0.840. The normalized spacial score (nSPS) is 13.7. The summed E-state index contributed by atoms with van der Waals surface area (Å²) < 4.78 is 0. The van der Waals surface area contributed by atoms with Crippen molar-refractivity contribution in [3.63, 3.8) is 0 Å². The molecule has 3 heteroatoms. The van der Waals surface area contributed by atoms with Crippen LogP contribution in [0.5, 0.6) is 0 Å². The maximum atomic E-state index is 11.8. The van der Waals surface area contributed by atoms with Crippen molar-refractivity contribution in [3.8, 4) is 0 Å². The van der Waals surface area contributed by atoms with Gasteiger partial charge in [0.05, 0.1) is 6.04 Å². The second kappa shape index (κ2) is 6.94. The van der Waals surface area contributed by atoms with Crippen LogP contribution in [0, 0.1) is 5.92 Å². The summed E-state index contributed by atoms with van der Waals surface area (Å²) in [6.45, 7) is 5.44. The van der Waals surface area contributed by atoms with Crippen molar-refractivity contribution in [1.82, 2.24) is 5.32 Å². The van der Waals surface area contributed by atoms with E-state index in [0.29, 0.717) is 12.8 Å². The summed E-state index contributed by atoms with van der Waals surface area (Å²) in [7, 11) is 0.